The van der Waals surface area contributed by atoms with E-state index in [-0.39, 0.29) is 11.8 Å². The lowest BCUT2D eigenvalue weighted by Crippen LogP contribution is -2.34. The summed E-state index contributed by atoms with van der Waals surface area (Å²) in [6, 6.07) is 17.0. The quantitative estimate of drug-likeness (QED) is 0.709. The molecule has 0 bridgehead atoms. The molecule has 0 saturated heterocycles. The predicted octanol–water partition coefficient (Wildman–Crippen LogP) is 3.06. The molecule has 0 aliphatic rings. The van der Waals surface area contributed by atoms with E-state index in [0.29, 0.717) is 23.5 Å². The highest BCUT2D eigenvalue weighted by Gasteiger charge is 2.09. The van der Waals surface area contributed by atoms with Crippen molar-refractivity contribution in [3.63, 3.8) is 0 Å². The van der Waals surface area contributed by atoms with Crippen molar-refractivity contribution in [2.75, 3.05) is 13.1 Å². The summed E-state index contributed by atoms with van der Waals surface area (Å²) in [5, 5.41) is 9.45. The summed E-state index contributed by atoms with van der Waals surface area (Å²) in [4.78, 5) is 24.8. The van der Waals surface area contributed by atoms with E-state index < -0.39 is 0 Å². The summed E-state index contributed by atoms with van der Waals surface area (Å²) in [5.41, 5.74) is 0.646. The summed E-state index contributed by atoms with van der Waals surface area (Å²) in [6.45, 7) is 0.784. The molecular weight excluding hydrogens is 308 g/mol. The number of thiophene rings is 1. The molecule has 0 saturated carbocycles. The molecule has 3 rings (SSSR count). The highest BCUT2D eigenvalue weighted by molar-refractivity contribution is 7.12. The Morgan fingerprint density at radius 1 is 0.826 bits per heavy atom. The lowest BCUT2D eigenvalue weighted by atomic mass is 10.0. The average molecular weight is 324 g/mol. The molecule has 0 radical (unpaired) electrons. The molecule has 2 amide bonds. The lowest BCUT2D eigenvalue weighted by Gasteiger charge is -2.08. The molecule has 116 valence electrons. The van der Waals surface area contributed by atoms with Crippen molar-refractivity contribution in [2.24, 2.45) is 0 Å². The number of fused-ring (bicyclic) bond motifs is 1. The molecule has 4 nitrogen and oxygen atoms in total. The summed E-state index contributed by atoms with van der Waals surface area (Å²) in [6.07, 6.45) is 0. The Bertz CT molecular complexity index is 823. The van der Waals surface area contributed by atoms with Crippen LogP contribution < -0.4 is 10.6 Å². The fraction of sp³-hybridized carbons (Fsp3) is 0.111. The van der Waals surface area contributed by atoms with Gasteiger partial charge in [0.25, 0.3) is 11.8 Å². The predicted molar refractivity (Wildman–Crippen MR) is 92.9 cm³/mol. The van der Waals surface area contributed by atoms with Crippen molar-refractivity contribution in [3.05, 3.63) is 70.4 Å². The molecule has 2 N–H and O–H groups in total. The summed E-state index contributed by atoms with van der Waals surface area (Å²) >= 11 is 1.39. The molecule has 3 aromatic rings. The Labute approximate surface area is 138 Å². The van der Waals surface area contributed by atoms with E-state index in [1.165, 1.54) is 11.3 Å². The van der Waals surface area contributed by atoms with Crippen LogP contribution >= 0.6 is 11.3 Å². The lowest BCUT2D eigenvalue weighted by molar-refractivity contribution is 0.0930. The number of benzene rings is 2. The molecule has 5 heteroatoms. The molecular formula is C18H16N2O2S. The van der Waals surface area contributed by atoms with Crippen LogP contribution in [0, 0.1) is 0 Å². The maximum absolute atomic E-state index is 12.3. The van der Waals surface area contributed by atoms with Crippen LogP contribution in [0.5, 0.6) is 0 Å². The number of hydrogen-bond donors (Lipinski definition) is 2. The molecule has 0 spiro atoms. The zero-order chi connectivity index (χ0) is 16.1. The van der Waals surface area contributed by atoms with Crippen LogP contribution in [-0.4, -0.2) is 24.9 Å². The van der Waals surface area contributed by atoms with Gasteiger partial charge in [0, 0.05) is 18.7 Å². The van der Waals surface area contributed by atoms with Gasteiger partial charge in [0.1, 0.15) is 0 Å². The smallest absolute Gasteiger partial charge is 0.261 e. The van der Waals surface area contributed by atoms with Crippen LogP contribution in [0.1, 0.15) is 20.0 Å². The molecule has 1 heterocycles. The largest absolute Gasteiger partial charge is 0.350 e. The van der Waals surface area contributed by atoms with Gasteiger partial charge in [-0.3, -0.25) is 9.59 Å². The number of carbonyl (C=O) groups excluding carboxylic acids is 2. The molecule has 2 aromatic carbocycles. The van der Waals surface area contributed by atoms with Crippen molar-refractivity contribution in [1.82, 2.24) is 10.6 Å². The van der Waals surface area contributed by atoms with Gasteiger partial charge < -0.3 is 10.6 Å². The molecule has 0 aliphatic heterocycles. The fourth-order valence-corrected chi connectivity index (χ4v) is 3.01. The number of nitrogens with one attached hydrogen (secondary N) is 2. The first-order valence-electron chi connectivity index (χ1n) is 7.33. The van der Waals surface area contributed by atoms with E-state index in [2.05, 4.69) is 10.6 Å². The summed E-state index contributed by atoms with van der Waals surface area (Å²) in [5.74, 6) is -0.244. The zero-order valence-electron chi connectivity index (χ0n) is 12.4. The number of amides is 2. The first kappa shape index (κ1) is 15.2. The van der Waals surface area contributed by atoms with Crippen LogP contribution in [0.4, 0.5) is 0 Å². The highest BCUT2D eigenvalue weighted by atomic mass is 32.1. The van der Waals surface area contributed by atoms with Crippen molar-refractivity contribution < 1.29 is 9.59 Å². The number of hydrogen-bond acceptors (Lipinski definition) is 3. The maximum Gasteiger partial charge on any atom is 0.261 e. The second-order valence-corrected chi connectivity index (χ2v) is 5.96. The van der Waals surface area contributed by atoms with Crippen molar-refractivity contribution >= 4 is 33.9 Å². The Balaban J connectivity index is 1.56. The Hall–Kier alpha value is -2.66. The second kappa shape index (κ2) is 7.07. The monoisotopic (exact) mass is 324 g/mol. The first-order valence-corrected chi connectivity index (χ1v) is 8.21. The van der Waals surface area contributed by atoms with E-state index in [1.54, 1.807) is 6.07 Å². The third kappa shape index (κ3) is 3.57. The van der Waals surface area contributed by atoms with Gasteiger partial charge in [0.15, 0.2) is 0 Å². The Kier molecular flexibility index (Phi) is 4.68. The van der Waals surface area contributed by atoms with Crippen LogP contribution in [0.15, 0.2) is 60.0 Å². The van der Waals surface area contributed by atoms with E-state index in [1.807, 2.05) is 53.9 Å². The SMILES string of the molecule is O=C(NCCNC(=O)c1cccc2ccccc12)c1cccs1. The normalized spacial score (nSPS) is 10.4. The minimum Gasteiger partial charge on any atom is -0.350 e. The molecule has 0 fully saturated rings. The van der Waals surface area contributed by atoms with Gasteiger partial charge in [-0.15, -0.1) is 11.3 Å². The van der Waals surface area contributed by atoms with Gasteiger partial charge in [-0.05, 0) is 28.3 Å². The molecule has 23 heavy (non-hydrogen) atoms. The molecule has 0 aliphatic carbocycles. The first-order chi connectivity index (χ1) is 11.3. The minimum atomic E-state index is -0.132. The maximum atomic E-state index is 12.3. The van der Waals surface area contributed by atoms with Crippen LogP contribution in [0.3, 0.4) is 0 Å². The number of rotatable bonds is 5. The zero-order valence-corrected chi connectivity index (χ0v) is 13.2. The van der Waals surface area contributed by atoms with Crippen molar-refractivity contribution in [2.45, 2.75) is 0 Å². The van der Waals surface area contributed by atoms with Crippen molar-refractivity contribution in [1.29, 1.82) is 0 Å². The van der Waals surface area contributed by atoms with Gasteiger partial charge in [-0.25, -0.2) is 0 Å². The summed E-state index contributed by atoms with van der Waals surface area (Å²) in [7, 11) is 0. The van der Waals surface area contributed by atoms with Gasteiger partial charge in [0.2, 0.25) is 0 Å². The third-order valence-corrected chi connectivity index (χ3v) is 4.34. The molecule has 1 aromatic heterocycles. The standard InChI is InChI=1S/C18H16N2O2S/c21-17(15-8-3-6-13-5-1-2-7-14(13)15)19-10-11-20-18(22)16-9-4-12-23-16/h1-9,12H,10-11H2,(H,19,21)(H,20,22). The second-order valence-electron chi connectivity index (χ2n) is 5.02. The van der Waals surface area contributed by atoms with E-state index in [9.17, 15) is 9.59 Å². The van der Waals surface area contributed by atoms with E-state index in [0.717, 1.165) is 10.8 Å². The topological polar surface area (TPSA) is 58.2 Å². The van der Waals surface area contributed by atoms with E-state index >= 15 is 0 Å². The van der Waals surface area contributed by atoms with Crippen molar-refractivity contribution in [3.8, 4) is 0 Å². The van der Waals surface area contributed by atoms with Crippen LogP contribution in [-0.2, 0) is 0 Å². The van der Waals surface area contributed by atoms with E-state index in [4.69, 9.17) is 0 Å². The minimum absolute atomic E-state index is 0.112. The third-order valence-electron chi connectivity index (χ3n) is 3.48. The molecule has 0 unspecified atom stereocenters. The van der Waals surface area contributed by atoms with Gasteiger partial charge in [-0.1, -0.05) is 42.5 Å². The summed E-state index contributed by atoms with van der Waals surface area (Å²) < 4.78 is 0. The van der Waals surface area contributed by atoms with Gasteiger partial charge >= 0.3 is 0 Å². The Morgan fingerprint density at radius 2 is 1.57 bits per heavy atom. The average Bonchev–Trinajstić information content (AvgIpc) is 3.12. The number of carbonyl (C=O) groups is 2. The van der Waals surface area contributed by atoms with Gasteiger partial charge in [0.05, 0.1) is 4.88 Å². The van der Waals surface area contributed by atoms with Gasteiger partial charge in [-0.2, -0.15) is 0 Å². The fourth-order valence-electron chi connectivity index (χ4n) is 2.37. The highest BCUT2D eigenvalue weighted by Crippen LogP contribution is 2.18. The van der Waals surface area contributed by atoms with Crippen LogP contribution in [0.2, 0.25) is 0 Å². The van der Waals surface area contributed by atoms with Crippen LogP contribution in [0.25, 0.3) is 10.8 Å². The Morgan fingerprint density at radius 3 is 2.35 bits per heavy atom. The molecule has 0 atom stereocenters.